The number of benzene rings is 2. The van der Waals surface area contributed by atoms with Crippen LogP contribution in [0.5, 0.6) is 0 Å². The topological polar surface area (TPSA) is 54.9 Å². The number of hydrogen-bond donors (Lipinski definition) is 1. The van der Waals surface area contributed by atoms with Crippen molar-refractivity contribution in [2.45, 2.75) is 18.1 Å². The molecule has 29 heavy (non-hydrogen) atoms. The zero-order valence-electron chi connectivity index (χ0n) is 15.4. The molecule has 4 nitrogen and oxygen atoms in total. The van der Waals surface area contributed by atoms with Crippen LogP contribution in [-0.4, -0.2) is 28.2 Å². The van der Waals surface area contributed by atoms with E-state index in [0.717, 1.165) is 28.1 Å². The minimum Gasteiger partial charge on any atom is -0.344 e. The van der Waals surface area contributed by atoms with E-state index >= 15 is 0 Å². The molecule has 0 bridgehead atoms. The first-order valence-electron chi connectivity index (χ1n) is 8.62. The van der Waals surface area contributed by atoms with Crippen molar-refractivity contribution in [2.24, 2.45) is 0 Å². The van der Waals surface area contributed by atoms with Gasteiger partial charge < -0.3 is 5.32 Å². The molecule has 1 heterocycles. The van der Waals surface area contributed by atoms with E-state index in [0.29, 0.717) is 5.82 Å². The van der Waals surface area contributed by atoms with Crippen molar-refractivity contribution in [1.82, 2.24) is 15.3 Å². The predicted molar refractivity (Wildman–Crippen MR) is 106 cm³/mol. The Morgan fingerprint density at radius 1 is 1.14 bits per heavy atom. The van der Waals surface area contributed by atoms with Gasteiger partial charge in [-0.15, -0.1) is 0 Å². The van der Waals surface area contributed by atoms with Crippen LogP contribution >= 0.6 is 11.8 Å². The van der Waals surface area contributed by atoms with Gasteiger partial charge >= 0.3 is 6.18 Å². The number of alkyl halides is 3. The van der Waals surface area contributed by atoms with Crippen LogP contribution in [-0.2, 0) is 11.0 Å². The van der Waals surface area contributed by atoms with Gasteiger partial charge in [-0.25, -0.2) is 9.97 Å². The minimum atomic E-state index is -4.41. The largest absolute Gasteiger partial charge is 0.416 e. The van der Waals surface area contributed by atoms with Crippen LogP contribution in [0.25, 0.3) is 10.9 Å². The predicted octanol–water partition coefficient (Wildman–Crippen LogP) is 4.22. The summed E-state index contributed by atoms with van der Waals surface area (Å²) in [6.07, 6.45) is -4.41. The summed E-state index contributed by atoms with van der Waals surface area (Å²) in [7, 11) is 0. The molecule has 0 unspecified atom stereocenters. The molecule has 1 amide bonds. The number of halogens is 3. The number of thioether (sulfide) groups is 1. The number of hydrogen-bond acceptors (Lipinski definition) is 4. The van der Waals surface area contributed by atoms with Crippen LogP contribution in [0.3, 0.4) is 0 Å². The third kappa shape index (κ3) is 5.72. The summed E-state index contributed by atoms with van der Waals surface area (Å²) in [6, 6.07) is 12.3. The minimum absolute atomic E-state index is 0.0409. The lowest BCUT2D eigenvalue weighted by Crippen LogP contribution is -2.25. The third-order valence-electron chi connectivity index (χ3n) is 3.82. The summed E-state index contributed by atoms with van der Waals surface area (Å²) in [4.78, 5) is 20.8. The maximum atomic E-state index is 12.7. The molecule has 3 rings (SSSR count). The highest BCUT2D eigenvalue weighted by Crippen LogP contribution is 2.29. The number of nitrogens with one attached hydrogen (secondary N) is 1. The summed E-state index contributed by atoms with van der Waals surface area (Å²) in [5.74, 6) is 5.82. The molecule has 1 N–H and O–H groups in total. The number of carbonyl (C=O) groups is 1. The number of nitrogens with zero attached hydrogens (tertiary/aromatic N) is 2. The van der Waals surface area contributed by atoms with Gasteiger partial charge in [0.1, 0.15) is 10.9 Å². The van der Waals surface area contributed by atoms with Crippen molar-refractivity contribution in [3.63, 3.8) is 0 Å². The maximum absolute atomic E-state index is 12.7. The maximum Gasteiger partial charge on any atom is 0.416 e. The van der Waals surface area contributed by atoms with Gasteiger partial charge in [0.2, 0.25) is 5.91 Å². The van der Waals surface area contributed by atoms with Gasteiger partial charge in [0.15, 0.2) is 0 Å². The van der Waals surface area contributed by atoms with Crippen LogP contribution < -0.4 is 5.32 Å². The monoisotopic (exact) mass is 415 g/mol. The van der Waals surface area contributed by atoms with Crippen LogP contribution in [0, 0.1) is 18.8 Å². The van der Waals surface area contributed by atoms with Gasteiger partial charge in [-0.1, -0.05) is 47.9 Å². The van der Waals surface area contributed by atoms with E-state index in [1.807, 2.05) is 24.3 Å². The number of carbonyl (C=O) groups excluding carboxylic acids is 1. The molecule has 0 atom stereocenters. The molecule has 8 heteroatoms. The molecule has 3 aromatic rings. The molecular formula is C21H16F3N3OS. The average molecular weight is 415 g/mol. The smallest absolute Gasteiger partial charge is 0.344 e. The molecule has 148 valence electrons. The third-order valence-corrected chi connectivity index (χ3v) is 4.81. The van der Waals surface area contributed by atoms with Crippen LogP contribution in [0.2, 0.25) is 0 Å². The van der Waals surface area contributed by atoms with E-state index in [-0.39, 0.29) is 23.8 Å². The Labute approximate surface area is 169 Å². The van der Waals surface area contributed by atoms with Gasteiger partial charge in [0.25, 0.3) is 0 Å². The Bertz CT molecular complexity index is 1100. The summed E-state index contributed by atoms with van der Waals surface area (Å²) in [6.45, 7) is 1.83. The highest BCUT2D eigenvalue weighted by atomic mass is 32.2. The number of amides is 1. The first-order chi connectivity index (χ1) is 13.8. The van der Waals surface area contributed by atoms with Crippen LogP contribution in [0.1, 0.15) is 17.0 Å². The van der Waals surface area contributed by atoms with Crippen molar-refractivity contribution in [3.05, 3.63) is 65.5 Å². The van der Waals surface area contributed by atoms with Crippen LogP contribution in [0.15, 0.2) is 53.6 Å². The van der Waals surface area contributed by atoms with Crippen molar-refractivity contribution >= 4 is 28.6 Å². The number of aromatic nitrogens is 2. The molecule has 0 aliphatic carbocycles. The molecule has 0 spiro atoms. The molecule has 0 saturated carbocycles. The average Bonchev–Trinajstić information content (AvgIpc) is 2.69. The van der Waals surface area contributed by atoms with Crippen molar-refractivity contribution in [1.29, 1.82) is 0 Å². The molecule has 0 saturated heterocycles. The number of fused-ring (bicyclic) bond motifs is 1. The second kappa shape index (κ2) is 8.97. The summed E-state index contributed by atoms with van der Waals surface area (Å²) in [5, 5.41) is 4.23. The zero-order chi connectivity index (χ0) is 20.9. The van der Waals surface area contributed by atoms with Gasteiger partial charge in [0, 0.05) is 10.9 Å². The quantitative estimate of drug-likeness (QED) is 0.394. The van der Waals surface area contributed by atoms with Crippen molar-refractivity contribution in [3.8, 4) is 11.8 Å². The highest BCUT2D eigenvalue weighted by molar-refractivity contribution is 8.00. The Morgan fingerprint density at radius 3 is 2.72 bits per heavy atom. The standard InChI is InChI=1S/C21H16F3N3OS/c1-14-26-18-10-3-2-9-17(18)20(27-14)29-13-19(28)25-11-5-7-15-6-4-8-16(12-15)21(22,23)24/h2-4,6,8-10,12H,11,13H2,1H3,(H,25,28). The van der Waals surface area contributed by atoms with E-state index in [1.165, 1.54) is 23.9 Å². The molecule has 1 aromatic heterocycles. The fourth-order valence-corrected chi connectivity index (χ4v) is 3.41. The van der Waals surface area contributed by atoms with Gasteiger partial charge in [0.05, 0.1) is 23.4 Å². The van der Waals surface area contributed by atoms with Crippen LogP contribution in [0.4, 0.5) is 13.2 Å². The first-order valence-corrected chi connectivity index (χ1v) is 9.60. The molecule has 0 radical (unpaired) electrons. The number of aryl methyl sites for hydroxylation is 1. The molecule has 0 aliphatic heterocycles. The van der Waals surface area contributed by atoms with E-state index in [9.17, 15) is 18.0 Å². The van der Waals surface area contributed by atoms with Gasteiger partial charge in [-0.2, -0.15) is 13.2 Å². The van der Waals surface area contributed by atoms with E-state index in [2.05, 4.69) is 27.1 Å². The fraction of sp³-hybridized carbons (Fsp3) is 0.190. The molecule has 0 fully saturated rings. The second-order valence-electron chi connectivity index (χ2n) is 6.04. The number of rotatable bonds is 4. The normalized spacial score (nSPS) is 11.0. The van der Waals surface area contributed by atoms with Gasteiger partial charge in [-0.3, -0.25) is 4.79 Å². The van der Waals surface area contributed by atoms with Gasteiger partial charge in [-0.05, 0) is 31.2 Å². The Hall–Kier alpha value is -3.05. The molecule has 2 aromatic carbocycles. The Morgan fingerprint density at radius 2 is 1.93 bits per heavy atom. The molecular weight excluding hydrogens is 399 g/mol. The number of para-hydroxylation sites is 1. The van der Waals surface area contributed by atoms with Crippen molar-refractivity contribution < 1.29 is 18.0 Å². The SMILES string of the molecule is Cc1nc(SCC(=O)NCC#Cc2cccc(C(F)(F)F)c2)c2ccccc2n1. The molecule has 0 aliphatic rings. The summed E-state index contributed by atoms with van der Waals surface area (Å²) < 4.78 is 38.1. The van der Waals surface area contributed by atoms with E-state index < -0.39 is 11.7 Å². The summed E-state index contributed by atoms with van der Waals surface area (Å²) >= 11 is 1.29. The lowest BCUT2D eigenvalue weighted by molar-refractivity contribution is -0.137. The van der Waals surface area contributed by atoms with Crippen molar-refractivity contribution in [2.75, 3.05) is 12.3 Å². The first kappa shape index (κ1) is 20.7. The zero-order valence-corrected chi connectivity index (χ0v) is 16.2. The second-order valence-corrected chi connectivity index (χ2v) is 7.00. The highest BCUT2D eigenvalue weighted by Gasteiger charge is 2.30. The Kier molecular flexibility index (Phi) is 6.39. The lowest BCUT2D eigenvalue weighted by Gasteiger charge is -2.06. The summed E-state index contributed by atoms with van der Waals surface area (Å²) in [5.41, 5.74) is 0.304. The fourth-order valence-electron chi connectivity index (χ4n) is 2.52. The van der Waals surface area contributed by atoms with E-state index in [1.54, 1.807) is 6.92 Å². The van der Waals surface area contributed by atoms with E-state index in [4.69, 9.17) is 0 Å². The lowest BCUT2D eigenvalue weighted by atomic mass is 10.1. The Balaban J connectivity index is 1.55.